The molecule has 2 atom stereocenters. The normalized spacial score (nSPS) is 26.6. The van der Waals surface area contributed by atoms with E-state index < -0.39 is 17.4 Å². The molecule has 1 aliphatic rings. The number of nitrogens with one attached hydrogen (secondary N) is 1. The molecule has 0 aromatic heterocycles. The fourth-order valence-corrected chi connectivity index (χ4v) is 2.82. The molecule has 0 spiro atoms. The van der Waals surface area contributed by atoms with Crippen molar-refractivity contribution in [1.82, 2.24) is 0 Å². The maximum Gasteiger partial charge on any atom is 0.263 e. The first-order valence-electron chi connectivity index (χ1n) is 7.32. The first kappa shape index (κ1) is 16.8. The van der Waals surface area contributed by atoms with Crippen molar-refractivity contribution in [3.05, 3.63) is 29.8 Å². The highest BCUT2D eigenvalue weighted by molar-refractivity contribution is 5.99. The average molecular weight is 312 g/mol. The third-order valence-corrected chi connectivity index (χ3v) is 4.63. The molecule has 0 bridgehead atoms. The Labute approximate surface area is 129 Å². The first-order chi connectivity index (χ1) is 10.2. The lowest BCUT2D eigenvalue weighted by molar-refractivity contribution is -0.166. The second-order valence-electron chi connectivity index (χ2n) is 6.22. The Kier molecular flexibility index (Phi) is 4.54. The number of nitrogens with two attached hydrogens (primary N) is 1. The second-order valence-corrected chi connectivity index (χ2v) is 6.22. The predicted octanol–water partition coefficient (Wildman–Crippen LogP) is 3.10. The van der Waals surface area contributed by atoms with E-state index in [1.165, 1.54) is 18.2 Å². The molecule has 0 heterocycles. The Hall–Kier alpha value is -1.53. The van der Waals surface area contributed by atoms with Crippen LogP contribution in [0, 0.1) is 5.41 Å². The molecule has 1 saturated carbocycles. The minimum Gasteiger partial charge on any atom is -0.378 e. The molecule has 1 amide bonds. The van der Waals surface area contributed by atoms with E-state index in [1.54, 1.807) is 6.07 Å². The molecule has 6 heteroatoms. The van der Waals surface area contributed by atoms with Gasteiger partial charge in [0, 0.05) is 29.7 Å². The number of amides is 1. The van der Waals surface area contributed by atoms with E-state index in [0.29, 0.717) is 18.7 Å². The quantitative estimate of drug-likeness (QED) is 0.878. The van der Waals surface area contributed by atoms with Gasteiger partial charge in [-0.25, -0.2) is 8.78 Å². The molecule has 1 aliphatic carbocycles. The molecule has 2 unspecified atom stereocenters. The summed E-state index contributed by atoms with van der Waals surface area (Å²) in [4.78, 5) is 12.5. The van der Waals surface area contributed by atoms with E-state index >= 15 is 0 Å². The molecule has 0 aliphatic heterocycles. The van der Waals surface area contributed by atoms with Crippen LogP contribution >= 0.6 is 0 Å². The first-order valence-corrected chi connectivity index (χ1v) is 7.32. The van der Waals surface area contributed by atoms with Gasteiger partial charge >= 0.3 is 0 Å². The van der Waals surface area contributed by atoms with Gasteiger partial charge in [0.05, 0.1) is 6.10 Å². The van der Waals surface area contributed by atoms with Gasteiger partial charge in [-0.15, -0.1) is 0 Å². The number of benzene rings is 1. The number of ether oxygens (including phenoxy) is 1. The molecule has 122 valence electrons. The number of alkyl halides is 2. The molecule has 0 radical (unpaired) electrons. The standard InChI is InChI=1S/C16H22F2N2O2/c1-4-22-12-9-16(19,15(12,2)3)14(21)20-11-7-5-6-10(8-11)13(17)18/h5-8,12-13H,4,9,19H2,1-3H3,(H,20,21). The maximum absolute atomic E-state index is 12.7. The van der Waals surface area contributed by atoms with Gasteiger partial charge in [-0.1, -0.05) is 26.0 Å². The van der Waals surface area contributed by atoms with Gasteiger partial charge in [0.25, 0.3) is 6.43 Å². The van der Waals surface area contributed by atoms with Crippen molar-refractivity contribution in [1.29, 1.82) is 0 Å². The van der Waals surface area contributed by atoms with E-state index in [2.05, 4.69) is 5.32 Å². The van der Waals surface area contributed by atoms with Crippen LogP contribution in [0.1, 0.15) is 39.2 Å². The van der Waals surface area contributed by atoms with E-state index in [-0.39, 0.29) is 17.6 Å². The molecular weight excluding hydrogens is 290 g/mol. The number of halogens is 2. The Morgan fingerprint density at radius 1 is 1.50 bits per heavy atom. The zero-order valence-corrected chi connectivity index (χ0v) is 13.0. The lowest BCUT2D eigenvalue weighted by Crippen LogP contribution is -2.74. The van der Waals surface area contributed by atoms with E-state index in [0.717, 1.165) is 0 Å². The third kappa shape index (κ3) is 2.73. The van der Waals surface area contributed by atoms with Crippen molar-refractivity contribution in [2.45, 2.75) is 45.3 Å². The summed E-state index contributed by atoms with van der Waals surface area (Å²) in [6.45, 7) is 6.21. The van der Waals surface area contributed by atoms with Gasteiger partial charge in [-0.2, -0.15) is 0 Å². The van der Waals surface area contributed by atoms with E-state index in [1.807, 2.05) is 20.8 Å². The highest BCUT2D eigenvalue weighted by Gasteiger charge is 2.62. The topological polar surface area (TPSA) is 64.3 Å². The molecule has 0 saturated heterocycles. The van der Waals surface area contributed by atoms with Gasteiger partial charge in [0.2, 0.25) is 5.91 Å². The van der Waals surface area contributed by atoms with Gasteiger partial charge in [0.1, 0.15) is 5.54 Å². The van der Waals surface area contributed by atoms with Gasteiger partial charge < -0.3 is 15.8 Å². The molecular formula is C16H22F2N2O2. The van der Waals surface area contributed by atoms with Crippen LogP contribution in [-0.4, -0.2) is 24.2 Å². The second kappa shape index (κ2) is 5.93. The summed E-state index contributed by atoms with van der Waals surface area (Å²) >= 11 is 0. The Morgan fingerprint density at radius 2 is 2.18 bits per heavy atom. The van der Waals surface area contributed by atoms with Crippen molar-refractivity contribution in [3.63, 3.8) is 0 Å². The lowest BCUT2D eigenvalue weighted by atomic mass is 9.54. The van der Waals surface area contributed by atoms with Crippen LogP contribution in [0.4, 0.5) is 14.5 Å². The molecule has 4 nitrogen and oxygen atoms in total. The average Bonchev–Trinajstić information content (AvgIpc) is 2.47. The van der Waals surface area contributed by atoms with Crippen LogP contribution < -0.4 is 11.1 Å². The van der Waals surface area contributed by atoms with Crippen molar-refractivity contribution in [3.8, 4) is 0 Å². The van der Waals surface area contributed by atoms with Crippen molar-refractivity contribution < 1.29 is 18.3 Å². The number of rotatable bonds is 5. The van der Waals surface area contributed by atoms with Crippen molar-refractivity contribution in [2.24, 2.45) is 11.1 Å². The summed E-state index contributed by atoms with van der Waals surface area (Å²) < 4.78 is 31.0. The van der Waals surface area contributed by atoms with Gasteiger partial charge in [0.15, 0.2) is 0 Å². The molecule has 1 fully saturated rings. The Morgan fingerprint density at radius 3 is 2.73 bits per heavy atom. The lowest BCUT2D eigenvalue weighted by Gasteiger charge is -2.57. The number of anilines is 1. The van der Waals surface area contributed by atoms with Crippen LogP contribution in [-0.2, 0) is 9.53 Å². The van der Waals surface area contributed by atoms with Crippen LogP contribution in [0.25, 0.3) is 0 Å². The Bertz CT molecular complexity index is 563. The fourth-order valence-electron chi connectivity index (χ4n) is 2.82. The minimum absolute atomic E-state index is 0.0827. The number of carbonyl (C=O) groups is 1. The highest BCUT2D eigenvalue weighted by Crippen LogP contribution is 2.50. The highest BCUT2D eigenvalue weighted by atomic mass is 19.3. The minimum atomic E-state index is -2.58. The third-order valence-electron chi connectivity index (χ3n) is 4.63. The van der Waals surface area contributed by atoms with Crippen LogP contribution in [0.3, 0.4) is 0 Å². The van der Waals surface area contributed by atoms with Crippen LogP contribution in [0.5, 0.6) is 0 Å². The van der Waals surface area contributed by atoms with Gasteiger partial charge in [-0.05, 0) is 19.1 Å². The number of hydrogen-bond acceptors (Lipinski definition) is 3. The summed E-state index contributed by atoms with van der Waals surface area (Å²) in [5.41, 5.74) is 4.84. The summed E-state index contributed by atoms with van der Waals surface area (Å²) in [6, 6.07) is 5.63. The van der Waals surface area contributed by atoms with E-state index in [4.69, 9.17) is 10.5 Å². The van der Waals surface area contributed by atoms with Crippen molar-refractivity contribution in [2.75, 3.05) is 11.9 Å². The molecule has 1 aromatic rings. The van der Waals surface area contributed by atoms with Crippen molar-refractivity contribution >= 4 is 11.6 Å². The molecule has 22 heavy (non-hydrogen) atoms. The monoisotopic (exact) mass is 312 g/mol. The zero-order valence-electron chi connectivity index (χ0n) is 13.0. The number of hydrogen-bond donors (Lipinski definition) is 2. The van der Waals surface area contributed by atoms with Crippen LogP contribution in [0.2, 0.25) is 0 Å². The Balaban J connectivity index is 2.11. The summed E-state index contributed by atoms with van der Waals surface area (Å²) in [7, 11) is 0. The SMILES string of the molecule is CCOC1CC(N)(C(=O)Nc2cccc(C(F)F)c2)C1(C)C. The maximum atomic E-state index is 12.7. The number of carbonyl (C=O) groups excluding carboxylic acids is 1. The summed E-state index contributed by atoms with van der Waals surface area (Å²) in [6.07, 6.45) is -2.25. The molecule has 1 aromatic carbocycles. The van der Waals surface area contributed by atoms with Gasteiger partial charge in [-0.3, -0.25) is 4.79 Å². The zero-order chi connectivity index (χ0) is 16.5. The largest absolute Gasteiger partial charge is 0.378 e. The fraction of sp³-hybridized carbons (Fsp3) is 0.562. The smallest absolute Gasteiger partial charge is 0.263 e. The summed E-state index contributed by atoms with van der Waals surface area (Å²) in [5.74, 6) is -0.375. The van der Waals surface area contributed by atoms with E-state index in [9.17, 15) is 13.6 Å². The molecule has 3 N–H and O–H groups in total. The van der Waals surface area contributed by atoms with Crippen LogP contribution in [0.15, 0.2) is 24.3 Å². The summed E-state index contributed by atoms with van der Waals surface area (Å²) in [5, 5.41) is 2.65. The molecule has 2 rings (SSSR count). The predicted molar refractivity (Wildman–Crippen MR) is 80.8 cm³/mol.